The molecule has 0 aromatic heterocycles. The minimum atomic E-state index is 0.140. The molecule has 3 heteroatoms. The zero-order valence-corrected chi connectivity index (χ0v) is 13.8. The van der Waals surface area contributed by atoms with Crippen LogP contribution in [0.4, 0.5) is 5.69 Å². The standard InChI is InChI=1S/C21H18N2O/c1-22-11-18-14-8-5-9-16-20(14)17(10-19(18)23(2)12-22)13-6-3-4-7-15(13)21(16)24/h3-10H,11-12H2,1-2H3. The molecule has 0 saturated heterocycles. The summed E-state index contributed by atoms with van der Waals surface area (Å²) < 4.78 is 0. The van der Waals surface area contributed by atoms with Gasteiger partial charge >= 0.3 is 0 Å². The maximum absolute atomic E-state index is 13.0. The average Bonchev–Trinajstić information content (AvgIpc) is 2.59. The molecule has 0 amide bonds. The van der Waals surface area contributed by atoms with E-state index in [1.807, 2.05) is 30.3 Å². The van der Waals surface area contributed by atoms with Gasteiger partial charge in [0.2, 0.25) is 0 Å². The van der Waals surface area contributed by atoms with Crippen LogP contribution in [0.25, 0.3) is 21.9 Å². The van der Waals surface area contributed by atoms with Gasteiger partial charge in [-0.3, -0.25) is 9.69 Å². The van der Waals surface area contributed by atoms with Gasteiger partial charge in [0.1, 0.15) is 0 Å². The summed E-state index contributed by atoms with van der Waals surface area (Å²) in [6.07, 6.45) is 0. The lowest BCUT2D eigenvalue weighted by molar-refractivity contribution is 0.104. The second-order valence-electron chi connectivity index (χ2n) is 6.88. The van der Waals surface area contributed by atoms with Crippen molar-refractivity contribution in [2.45, 2.75) is 6.54 Å². The van der Waals surface area contributed by atoms with Crippen LogP contribution in [-0.4, -0.2) is 31.4 Å². The molecule has 3 aromatic rings. The minimum Gasteiger partial charge on any atom is -0.361 e. The molecule has 0 unspecified atom stereocenters. The van der Waals surface area contributed by atoms with Gasteiger partial charge in [0.05, 0.1) is 6.67 Å². The van der Waals surface area contributed by atoms with Gasteiger partial charge in [0.25, 0.3) is 0 Å². The smallest absolute Gasteiger partial charge is 0.194 e. The molecule has 118 valence electrons. The minimum absolute atomic E-state index is 0.140. The number of benzene rings is 3. The maximum Gasteiger partial charge on any atom is 0.194 e. The molecule has 0 spiro atoms. The summed E-state index contributed by atoms with van der Waals surface area (Å²) in [6.45, 7) is 1.83. The van der Waals surface area contributed by atoms with E-state index in [4.69, 9.17) is 0 Å². The topological polar surface area (TPSA) is 23.6 Å². The molecule has 0 fully saturated rings. The van der Waals surface area contributed by atoms with Gasteiger partial charge in [0, 0.05) is 35.8 Å². The highest BCUT2D eigenvalue weighted by Crippen LogP contribution is 2.44. The van der Waals surface area contributed by atoms with Crippen molar-refractivity contribution in [1.29, 1.82) is 0 Å². The fourth-order valence-corrected chi connectivity index (χ4v) is 4.26. The van der Waals surface area contributed by atoms with Crippen molar-refractivity contribution in [1.82, 2.24) is 4.90 Å². The number of fused-ring (bicyclic) bond motifs is 4. The summed E-state index contributed by atoms with van der Waals surface area (Å²) >= 11 is 0. The molecule has 1 heterocycles. The first-order valence-electron chi connectivity index (χ1n) is 8.27. The van der Waals surface area contributed by atoms with E-state index in [-0.39, 0.29) is 5.78 Å². The number of rotatable bonds is 0. The third-order valence-corrected chi connectivity index (χ3v) is 5.25. The molecule has 3 nitrogen and oxygen atoms in total. The first-order chi connectivity index (χ1) is 11.6. The number of carbonyl (C=O) groups excluding carboxylic acids is 1. The molecular weight excluding hydrogens is 296 g/mol. The second-order valence-corrected chi connectivity index (χ2v) is 6.88. The SMILES string of the molecule is CN1Cc2c(cc3c4c(cccc24)C(=O)c2ccccc2-3)N(C)C1. The van der Waals surface area contributed by atoms with Crippen molar-refractivity contribution in [3.8, 4) is 11.1 Å². The fraction of sp³-hybridized carbons (Fsp3) is 0.190. The molecule has 3 aromatic carbocycles. The molecular formula is C21H18N2O. The van der Waals surface area contributed by atoms with E-state index in [0.717, 1.165) is 35.3 Å². The quantitative estimate of drug-likeness (QED) is 0.492. The summed E-state index contributed by atoms with van der Waals surface area (Å²) in [5, 5.41) is 2.32. The maximum atomic E-state index is 13.0. The fourth-order valence-electron chi connectivity index (χ4n) is 4.26. The highest BCUT2D eigenvalue weighted by molar-refractivity contribution is 6.26. The number of carbonyl (C=O) groups is 1. The molecule has 1 aliphatic heterocycles. The second kappa shape index (κ2) is 4.68. The van der Waals surface area contributed by atoms with E-state index in [1.165, 1.54) is 22.2 Å². The third kappa shape index (κ3) is 1.68. The number of ketones is 1. The lowest BCUT2D eigenvalue weighted by Crippen LogP contribution is -2.37. The van der Waals surface area contributed by atoms with Gasteiger partial charge in [-0.25, -0.2) is 0 Å². The molecule has 0 saturated carbocycles. The number of anilines is 1. The predicted octanol–water partition coefficient (Wildman–Crippen LogP) is 3.89. The lowest BCUT2D eigenvalue weighted by Gasteiger charge is -2.36. The van der Waals surface area contributed by atoms with Crippen molar-refractivity contribution in [2.24, 2.45) is 0 Å². The van der Waals surface area contributed by atoms with Gasteiger partial charge in [-0.15, -0.1) is 0 Å². The molecule has 5 rings (SSSR count). The summed E-state index contributed by atoms with van der Waals surface area (Å²) in [6, 6.07) is 16.4. The Morgan fingerprint density at radius 3 is 2.46 bits per heavy atom. The molecule has 2 aliphatic rings. The van der Waals surface area contributed by atoms with Crippen LogP contribution in [0.1, 0.15) is 21.5 Å². The van der Waals surface area contributed by atoms with Gasteiger partial charge in [-0.1, -0.05) is 42.5 Å². The van der Waals surface area contributed by atoms with E-state index in [9.17, 15) is 4.79 Å². The Hall–Kier alpha value is -2.65. The van der Waals surface area contributed by atoms with Crippen LogP contribution in [-0.2, 0) is 6.54 Å². The van der Waals surface area contributed by atoms with Crippen molar-refractivity contribution >= 4 is 22.2 Å². The van der Waals surface area contributed by atoms with Crippen molar-refractivity contribution in [2.75, 3.05) is 25.7 Å². The van der Waals surface area contributed by atoms with Crippen molar-refractivity contribution in [3.63, 3.8) is 0 Å². The van der Waals surface area contributed by atoms with E-state index < -0.39 is 0 Å². The molecule has 24 heavy (non-hydrogen) atoms. The van der Waals surface area contributed by atoms with Gasteiger partial charge in [-0.05, 0) is 35.2 Å². The van der Waals surface area contributed by atoms with Crippen molar-refractivity contribution < 1.29 is 4.79 Å². The van der Waals surface area contributed by atoms with Crippen LogP contribution < -0.4 is 4.90 Å². The monoisotopic (exact) mass is 314 g/mol. The zero-order valence-electron chi connectivity index (χ0n) is 13.8. The largest absolute Gasteiger partial charge is 0.361 e. The molecule has 0 bridgehead atoms. The zero-order chi connectivity index (χ0) is 16.4. The van der Waals surface area contributed by atoms with Crippen LogP contribution in [0, 0.1) is 0 Å². The Morgan fingerprint density at radius 1 is 0.875 bits per heavy atom. The average molecular weight is 314 g/mol. The number of hydrogen-bond donors (Lipinski definition) is 0. The molecule has 1 aliphatic carbocycles. The summed E-state index contributed by atoms with van der Waals surface area (Å²) in [4.78, 5) is 17.6. The Morgan fingerprint density at radius 2 is 1.62 bits per heavy atom. The summed E-state index contributed by atoms with van der Waals surface area (Å²) in [5.74, 6) is 0.140. The van der Waals surface area contributed by atoms with Crippen LogP contribution in [0.15, 0.2) is 48.5 Å². The first kappa shape index (κ1) is 13.8. The molecule has 0 atom stereocenters. The number of nitrogens with zero attached hydrogens (tertiary/aromatic N) is 2. The van der Waals surface area contributed by atoms with E-state index in [2.05, 4.69) is 42.1 Å². The van der Waals surface area contributed by atoms with Crippen LogP contribution in [0.2, 0.25) is 0 Å². The Kier molecular flexibility index (Phi) is 2.68. The van der Waals surface area contributed by atoms with E-state index >= 15 is 0 Å². The van der Waals surface area contributed by atoms with Gasteiger partial charge in [0.15, 0.2) is 5.78 Å². The molecule has 0 N–H and O–H groups in total. The highest BCUT2D eigenvalue weighted by atomic mass is 16.1. The van der Waals surface area contributed by atoms with Crippen LogP contribution >= 0.6 is 0 Å². The first-order valence-corrected chi connectivity index (χ1v) is 8.27. The van der Waals surface area contributed by atoms with Crippen LogP contribution in [0.5, 0.6) is 0 Å². The Bertz CT molecular complexity index is 1020. The van der Waals surface area contributed by atoms with Crippen LogP contribution in [0.3, 0.4) is 0 Å². The van der Waals surface area contributed by atoms with Crippen molar-refractivity contribution in [3.05, 3.63) is 65.2 Å². The Labute approximate surface area is 141 Å². The number of hydrogen-bond acceptors (Lipinski definition) is 3. The summed E-state index contributed by atoms with van der Waals surface area (Å²) in [5.41, 5.74) is 6.48. The third-order valence-electron chi connectivity index (χ3n) is 5.25. The van der Waals surface area contributed by atoms with Gasteiger partial charge in [-0.2, -0.15) is 0 Å². The Balaban J connectivity index is 1.96. The predicted molar refractivity (Wildman–Crippen MR) is 97.6 cm³/mol. The van der Waals surface area contributed by atoms with E-state index in [0.29, 0.717) is 0 Å². The van der Waals surface area contributed by atoms with Gasteiger partial charge < -0.3 is 4.90 Å². The van der Waals surface area contributed by atoms with E-state index in [1.54, 1.807) is 0 Å². The normalized spacial score (nSPS) is 16.2. The molecule has 0 radical (unpaired) electrons. The lowest BCUT2D eigenvalue weighted by atomic mass is 9.81. The summed E-state index contributed by atoms with van der Waals surface area (Å²) in [7, 11) is 4.27. The highest BCUT2D eigenvalue weighted by Gasteiger charge is 2.29.